The molecule has 0 unspecified atom stereocenters. The van der Waals surface area contributed by atoms with Crippen LogP contribution in [0, 0.1) is 25.1 Å². The van der Waals surface area contributed by atoms with E-state index in [-0.39, 0.29) is 11.7 Å². The van der Waals surface area contributed by atoms with Gasteiger partial charge in [-0.25, -0.2) is 4.39 Å². The van der Waals surface area contributed by atoms with Crippen LogP contribution >= 0.6 is 11.6 Å². The van der Waals surface area contributed by atoms with Crippen LogP contribution in [0.1, 0.15) is 36.5 Å². The number of benzene rings is 2. The highest BCUT2D eigenvalue weighted by Crippen LogP contribution is 2.37. The first-order valence-corrected chi connectivity index (χ1v) is 6.23. The van der Waals surface area contributed by atoms with E-state index < -0.39 is 0 Å². The molecule has 2 aromatic rings. The van der Waals surface area contributed by atoms with Gasteiger partial charge >= 0.3 is 0 Å². The van der Waals surface area contributed by atoms with Crippen LogP contribution < -0.4 is 0 Å². The zero-order valence-corrected chi connectivity index (χ0v) is 11.4. The fourth-order valence-electron chi connectivity index (χ4n) is 2.31. The lowest BCUT2D eigenvalue weighted by atomic mass is 9.91. The first-order valence-electron chi connectivity index (χ1n) is 5.85. The third kappa shape index (κ3) is 1.87. The first-order chi connectivity index (χ1) is 8.47. The van der Waals surface area contributed by atoms with Gasteiger partial charge < -0.3 is 0 Å². The van der Waals surface area contributed by atoms with Crippen molar-refractivity contribution >= 4 is 22.4 Å². The first kappa shape index (κ1) is 12.9. The predicted octanol–water partition coefficient (Wildman–Crippen LogP) is 5.05. The molecule has 92 valence electrons. The topological polar surface area (TPSA) is 0 Å². The molecule has 0 radical (unpaired) electrons. The second-order valence-corrected chi connectivity index (χ2v) is 5.12. The summed E-state index contributed by atoms with van der Waals surface area (Å²) in [6, 6.07) is 5.11. The van der Waals surface area contributed by atoms with Crippen molar-refractivity contribution in [3.63, 3.8) is 0 Å². The van der Waals surface area contributed by atoms with Gasteiger partial charge in [-0.3, -0.25) is 0 Å². The fraction of sp³-hybridized carbons (Fsp3) is 0.250. The zero-order chi connectivity index (χ0) is 13.4. The van der Waals surface area contributed by atoms with E-state index in [4.69, 9.17) is 18.0 Å². The molecule has 0 spiro atoms. The van der Waals surface area contributed by atoms with E-state index in [2.05, 4.69) is 5.92 Å². The number of halogens is 2. The molecule has 2 rings (SSSR count). The molecule has 2 aromatic carbocycles. The van der Waals surface area contributed by atoms with Gasteiger partial charge in [-0.1, -0.05) is 37.4 Å². The second-order valence-electron chi connectivity index (χ2n) is 4.74. The van der Waals surface area contributed by atoms with E-state index in [1.54, 1.807) is 6.07 Å². The number of rotatable bonds is 1. The van der Waals surface area contributed by atoms with Crippen LogP contribution in [0.3, 0.4) is 0 Å². The average molecular weight is 261 g/mol. The molecule has 18 heavy (non-hydrogen) atoms. The van der Waals surface area contributed by atoms with Crippen molar-refractivity contribution < 1.29 is 4.39 Å². The van der Waals surface area contributed by atoms with Crippen LogP contribution in [-0.4, -0.2) is 0 Å². The Morgan fingerprint density at radius 1 is 1.33 bits per heavy atom. The lowest BCUT2D eigenvalue weighted by Crippen LogP contribution is -1.98. The molecule has 0 atom stereocenters. The Kier molecular flexibility index (Phi) is 3.32. The van der Waals surface area contributed by atoms with E-state index in [0.717, 1.165) is 21.9 Å². The van der Waals surface area contributed by atoms with E-state index in [1.807, 2.05) is 26.8 Å². The monoisotopic (exact) mass is 260 g/mol. The Balaban J connectivity index is 3.06. The van der Waals surface area contributed by atoms with Gasteiger partial charge in [0.05, 0.1) is 5.56 Å². The molecular formula is C16H14ClF. The molecule has 0 aromatic heterocycles. The Morgan fingerprint density at radius 3 is 2.56 bits per heavy atom. The van der Waals surface area contributed by atoms with Crippen LogP contribution in [0.2, 0.25) is 5.02 Å². The molecule has 0 nitrogen and oxygen atoms in total. The van der Waals surface area contributed by atoms with Gasteiger partial charge in [0, 0.05) is 10.4 Å². The molecule has 0 fully saturated rings. The molecule has 2 heteroatoms. The standard InChI is InChI=1S/C16H14ClF/c1-5-12-13(18)7-6-11-8-10(4)16(17)14(9(2)3)15(11)12/h1,6-9H,2-4H3. The Morgan fingerprint density at radius 2 is 2.00 bits per heavy atom. The highest BCUT2D eigenvalue weighted by Gasteiger charge is 2.17. The normalized spacial score (nSPS) is 10.9. The molecule has 0 bridgehead atoms. The minimum absolute atomic E-state index is 0.189. The maximum absolute atomic E-state index is 13.8. The maximum atomic E-state index is 13.8. The van der Waals surface area contributed by atoms with Crippen LogP contribution in [0.15, 0.2) is 18.2 Å². The minimum atomic E-state index is -0.369. The summed E-state index contributed by atoms with van der Waals surface area (Å²) in [5.41, 5.74) is 2.22. The van der Waals surface area contributed by atoms with Crippen molar-refractivity contribution in [2.75, 3.05) is 0 Å². The number of terminal acetylenes is 1. The van der Waals surface area contributed by atoms with Crippen LogP contribution in [0.4, 0.5) is 4.39 Å². The number of aryl methyl sites for hydroxylation is 1. The van der Waals surface area contributed by atoms with Crippen molar-refractivity contribution in [1.29, 1.82) is 0 Å². The summed E-state index contributed by atoms with van der Waals surface area (Å²) in [6.07, 6.45) is 5.44. The molecular weight excluding hydrogens is 247 g/mol. The third-order valence-corrected chi connectivity index (χ3v) is 3.63. The summed E-state index contributed by atoms with van der Waals surface area (Å²) >= 11 is 6.36. The Hall–Kier alpha value is -1.52. The smallest absolute Gasteiger partial charge is 0.139 e. The minimum Gasteiger partial charge on any atom is -0.206 e. The highest BCUT2D eigenvalue weighted by atomic mass is 35.5. The lowest BCUT2D eigenvalue weighted by Gasteiger charge is -2.16. The van der Waals surface area contributed by atoms with Crippen LogP contribution in [0.25, 0.3) is 10.8 Å². The Labute approximate surface area is 112 Å². The molecule has 0 aliphatic heterocycles. The quantitative estimate of drug-likeness (QED) is 0.630. The van der Waals surface area contributed by atoms with Crippen molar-refractivity contribution in [3.8, 4) is 12.3 Å². The van der Waals surface area contributed by atoms with Crippen molar-refractivity contribution in [2.45, 2.75) is 26.7 Å². The summed E-state index contributed by atoms with van der Waals surface area (Å²) in [7, 11) is 0. The fourth-order valence-corrected chi connectivity index (χ4v) is 2.67. The molecule has 0 aliphatic rings. The summed E-state index contributed by atoms with van der Waals surface area (Å²) in [5, 5.41) is 2.39. The zero-order valence-electron chi connectivity index (χ0n) is 10.6. The van der Waals surface area contributed by atoms with Crippen molar-refractivity contribution in [2.24, 2.45) is 0 Å². The van der Waals surface area contributed by atoms with E-state index in [9.17, 15) is 4.39 Å². The average Bonchev–Trinajstić information content (AvgIpc) is 2.31. The van der Waals surface area contributed by atoms with Gasteiger partial charge in [-0.2, -0.15) is 0 Å². The van der Waals surface area contributed by atoms with Crippen molar-refractivity contribution in [1.82, 2.24) is 0 Å². The number of hydrogen-bond donors (Lipinski definition) is 0. The molecule has 0 amide bonds. The molecule has 0 aliphatic carbocycles. The van der Waals surface area contributed by atoms with E-state index in [0.29, 0.717) is 10.6 Å². The van der Waals surface area contributed by atoms with Crippen molar-refractivity contribution in [3.05, 3.63) is 45.7 Å². The number of hydrogen-bond acceptors (Lipinski definition) is 0. The molecule has 0 heterocycles. The largest absolute Gasteiger partial charge is 0.206 e. The van der Waals surface area contributed by atoms with Crippen LogP contribution in [0.5, 0.6) is 0 Å². The van der Waals surface area contributed by atoms with Gasteiger partial charge in [-0.05, 0) is 41.5 Å². The summed E-state index contributed by atoms with van der Waals surface area (Å²) in [4.78, 5) is 0. The van der Waals surface area contributed by atoms with Gasteiger partial charge in [-0.15, -0.1) is 6.42 Å². The highest BCUT2D eigenvalue weighted by molar-refractivity contribution is 6.33. The van der Waals surface area contributed by atoms with E-state index in [1.165, 1.54) is 6.07 Å². The van der Waals surface area contributed by atoms with Gasteiger partial charge in [0.25, 0.3) is 0 Å². The summed E-state index contributed by atoms with van der Waals surface area (Å²) in [5.74, 6) is 2.27. The molecule has 0 saturated heterocycles. The maximum Gasteiger partial charge on any atom is 0.139 e. The van der Waals surface area contributed by atoms with E-state index >= 15 is 0 Å². The van der Waals surface area contributed by atoms with Crippen LogP contribution in [-0.2, 0) is 0 Å². The second kappa shape index (κ2) is 4.63. The predicted molar refractivity (Wildman–Crippen MR) is 75.7 cm³/mol. The summed E-state index contributed by atoms with van der Waals surface area (Å²) < 4.78 is 13.8. The third-order valence-electron chi connectivity index (χ3n) is 3.13. The molecule has 0 saturated carbocycles. The van der Waals surface area contributed by atoms with Gasteiger partial charge in [0.1, 0.15) is 5.82 Å². The lowest BCUT2D eigenvalue weighted by molar-refractivity contribution is 0.626. The van der Waals surface area contributed by atoms with Gasteiger partial charge in [0.2, 0.25) is 0 Å². The molecule has 0 N–H and O–H groups in total. The number of fused-ring (bicyclic) bond motifs is 1. The SMILES string of the molecule is C#Cc1c(F)ccc2cc(C)c(Cl)c(C(C)C)c12. The summed E-state index contributed by atoms with van der Waals surface area (Å²) in [6.45, 7) is 6.02. The van der Waals surface area contributed by atoms with Gasteiger partial charge in [0.15, 0.2) is 0 Å². The Bertz CT molecular complexity index is 663.